The summed E-state index contributed by atoms with van der Waals surface area (Å²) in [6.07, 6.45) is 13.2. The van der Waals surface area contributed by atoms with E-state index in [1.54, 1.807) is 0 Å². The molecule has 2 saturated carbocycles. The fourth-order valence-electron chi connectivity index (χ4n) is 3.77. The Morgan fingerprint density at radius 2 is 1.67 bits per heavy atom. The standard InChI is InChI=1S/C14H26O/c1-2-15-12-14(10-6-7-11-14)13-8-4-3-5-9-13/h13H,2-12H2,1H3. The third-order valence-corrected chi connectivity index (χ3v) is 4.66. The first-order chi connectivity index (χ1) is 7.37. The summed E-state index contributed by atoms with van der Waals surface area (Å²) in [7, 11) is 0. The molecule has 0 heterocycles. The van der Waals surface area contributed by atoms with Crippen LogP contribution in [0.1, 0.15) is 64.7 Å². The van der Waals surface area contributed by atoms with Gasteiger partial charge in [-0.2, -0.15) is 0 Å². The Morgan fingerprint density at radius 1 is 1.00 bits per heavy atom. The van der Waals surface area contributed by atoms with Crippen molar-refractivity contribution in [3.63, 3.8) is 0 Å². The first kappa shape index (κ1) is 11.4. The average molecular weight is 210 g/mol. The van der Waals surface area contributed by atoms with E-state index < -0.39 is 0 Å². The van der Waals surface area contributed by atoms with Gasteiger partial charge in [0.1, 0.15) is 0 Å². The van der Waals surface area contributed by atoms with E-state index in [-0.39, 0.29) is 0 Å². The predicted molar refractivity (Wildman–Crippen MR) is 64.0 cm³/mol. The summed E-state index contributed by atoms with van der Waals surface area (Å²) in [4.78, 5) is 0. The number of rotatable bonds is 4. The number of hydrogen-bond donors (Lipinski definition) is 0. The summed E-state index contributed by atoms with van der Waals surface area (Å²) in [5.74, 6) is 0.986. The molecule has 0 unspecified atom stereocenters. The van der Waals surface area contributed by atoms with Gasteiger partial charge >= 0.3 is 0 Å². The summed E-state index contributed by atoms with van der Waals surface area (Å²) in [6.45, 7) is 4.08. The Balaban J connectivity index is 1.96. The molecule has 2 aliphatic carbocycles. The van der Waals surface area contributed by atoms with Gasteiger partial charge < -0.3 is 4.74 Å². The molecule has 0 saturated heterocycles. The Morgan fingerprint density at radius 3 is 2.27 bits per heavy atom. The van der Waals surface area contributed by atoms with E-state index in [9.17, 15) is 0 Å². The first-order valence-corrected chi connectivity index (χ1v) is 6.95. The minimum Gasteiger partial charge on any atom is -0.381 e. The van der Waals surface area contributed by atoms with Gasteiger partial charge in [0, 0.05) is 6.61 Å². The Labute approximate surface area is 94.6 Å². The summed E-state index contributed by atoms with van der Waals surface area (Å²) in [5.41, 5.74) is 0.594. The molecule has 2 aliphatic rings. The molecule has 0 amide bonds. The molecule has 0 bridgehead atoms. The highest BCUT2D eigenvalue weighted by Crippen LogP contribution is 2.49. The van der Waals surface area contributed by atoms with Crippen LogP contribution < -0.4 is 0 Å². The van der Waals surface area contributed by atoms with Gasteiger partial charge in [-0.15, -0.1) is 0 Å². The maximum absolute atomic E-state index is 5.77. The highest BCUT2D eigenvalue weighted by Gasteiger charge is 2.41. The van der Waals surface area contributed by atoms with Crippen LogP contribution >= 0.6 is 0 Å². The van der Waals surface area contributed by atoms with Gasteiger partial charge in [0.25, 0.3) is 0 Å². The molecule has 2 fully saturated rings. The molecule has 0 aromatic heterocycles. The molecule has 1 heteroatoms. The summed E-state index contributed by atoms with van der Waals surface area (Å²) in [6, 6.07) is 0. The van der Waals surface area contributed by atoms with Crippen LogP contribution in [0.15, 0.2) is 0 Å². The van der Waals surface area contributed by atoms with E-state index >= 15 is 0 Å². The zero-order valence-corrected chi connectivity index (χ0v) is 10.3. The summed E-state index contributed by atoms with van der Waals surface area (Å²) >= 11 is 0. The normalized spacial score (nSPS) is 27.0. The van der Waals surface area contributed by atoms with E-state index in [1.807, 2.05) is 0 Å². The molecule has 0 aliphatic heterocycles. The molecule has 15 heavy (non-hydrogen) atoms. The maximum atomic E-state index is 5.77. The van der Waals surface area contributed by atoms with Gasteiger partial charge in [0.15, 0.2) is 0 Å². The molecule has 0 atom stereocenters. The molecular weight excluding hydrogens is 184 g/mol. The zero-order valence-electron chi connectivity index (χ0n) is 10.3. The topological polar surface area (TPSA) is 9.23 Å². The molecule has 2 rings (SSSR count). The monoisotopic (exact) mass is 210 g/mol. The molecule has 0 radical (unpaired) electrons. The van der Waals surface area contributed by atoms with Crippen LogP contribution in [-0.4, -0.2) is 13.2 Å². The summed E-state index contributed by atoms with van der Waals surface area (Å²) in [5, 5.41) is 0. The van der Waals surface area contributed by atoms with Gasteiger partial charge in [0.2, 0.25) is 0 Å². The molecular formula is C14H26O. The van der Waals surface area contributed by atoms with E-state index in [0.29, 0.717) is 5.41 Å². The quantitative estimate of drug-likeness (QED) is 0.677. The number of ether oxygens (including phenoxy) is 1. The van der Waals surface area contributed by atoms with Crippen LogP contribution in [0.4, 0.5) is 0 Å². The predicted octanol–water partition coefficient (Wildman–Crippen LogP) is 4.16. The average Bonchev–Trinajstić information content (AvgIpc) is 2.78. The van der Waals surface area contributed by atoms with Gasteiger partial charge in [-0.3, -0.25) is 0 Å². The van der Waals surface area contributed by atoms with Crippen LogP contribution in [0.25, 0.3) is 0 Å². The number of hydrogen-bond acceptors (Lipinski definition) is 1. The van der Waals surface area contributed by atoms with Crippen molar-refractivity contribution >= 4 is 0 Å². The maximum Gasteiger partial charge on any atom is 0.0524 e. The second-order valence-electron chi connectivity index (χ2n) is 5.54. The Kier molecular flexibility index (Phi) is 4.07. The second kappa shape index (κ2) is 5.34. The van der Waals surface area contributed by atoms with Crippen molar-refractivity contribution in [2.75, 3.05) is 13.2 Å². The fraction of sp³-hybridized carbons (Fsp3) is 1.00. The van der Waals surface area contributed by atoms with Gasteiger partial charge in [-0.05, 0) is 43.9 Å². The van der Waals surface area contributed by atoms with E-state index in [0.717, 1.165) is 19.1 Å². The van der Waals surface area contributed by atoms with Crippen molar-refractivity contribution in [2.24, 2.45) is 11.3 Å². The van der Waals surface area contributed by atoms with Gasteiger partial charge in [0.05, 0.1) is 6.61 Å². The van der Waals surface area contributed by atoms with Gasteiger partial charge in [-0.25, -0.2) is 0 Å². The van der Waals surface area contributed by atoms with Crippen LogP contribution in [0.5, 0.6) is 0 Å². The molecule has 0 aromatic rings. The lowest BCUT2D eigenvalue weighted by Gasteiger charge is -2.39. The van der Waals surface area contributed by atoms with E-state index in [2.05, 4.69) is 6.92 Å². The van der Waals surface area contributed by atoms with Crippen LogP contribution in [0, 0.1) is 11.3 Å². The van der Waals surface area contributed by atoms with Crippen LogP contribution in [0.2, 0.25) is 0 Å². The SMILES string of the molecule is CCOCC1(C2CCCCC2)CCCC1. The van der Waals surface area contributed by atoms with E-state index in [4.69, 9.17) is 4.74 Å². The molecule has 0 N–H and O–H groups in total. The smallest absolute Gasteiger partial charge is 0.0524 e. The third-order valence-electron chi connectivity index (χ3n) is 4.66. The van der Waals surface area contributed by atoms with Crippen molar-refractivity contribution in [3.05, 3.63) is 0 Å². The van der Waals surface area contributed by atoms with Crippen molar-refractivity contribution in [2.45, 2.75) is 64.7 Å². The lowest BCUT2D eigenvalue weighted by atomic mass is 9.68. The Bertz CT molecular complexity index is 176. The third kappa shape index (κ3) is 2.55. The fourth-order valence-corrected chi connectivity index (χ4v) is 3.77. The minimum absolute atomic E-state index is 0.594. The summed E-state index contributed by atoms with van der Waals surface area (Å²) < 4.78 is 5.77. The molecule has 0 spiro atoms. The highest BCUT2D eigenvalue weighted by atomic mass is 16.5. The van der Waals surface area contributed by atoms with Crippen molar-refractivity contribution < 1.29 is 4.74 Å². The van der Waals surface area contributed by atoms with E-state index in [1.165, 1.54) is 57.8 Å². The lowest BCUT2D eigenvalue weighted by Crippen LogP contribution is -2.34. The molecule has 0 aromatic carbocycles. The molecule has 88 valence electrons. The van der Waals surface area contributed by atoms with Crippen molar-refractivity contribution in [1.82, 2.24) is 0 Å². The minimum atomic E-state index is 0.594. The highest BCUT2D eigenvalue weighted by molar-refractivity contribution is 4.91. The van der Waals surface area contributed by atoms with Crippen LogP contribution in [0.3, 0.4) is 0 Å². The second-order valence-corrected chi connectivity index (χ2v) is 5.54. The lowest BCUT2D eigenvalue weighted by molar-refractivity contribution is 0.00183. The zero-order chi connectivity index (χ0) is 10.6. The molecule has 1 nitrogen and oxygen atoms in total. The van der Waals surface area contributed by atoms with Gasteiger partial charge in [-0.1, -0.05) is 32.1 Å². The van der Waals surface area contributed by atoms with Crippen LogP contribution in [-0.2, 0) is 4.74 Å². The first-order valence-electron chi connectivity index (χ1n) is 6.95. The largest absolute Gasteiger partial charge is 0.381 e. The Hall–Kier alpha value is -0.0400. The van der Waals surface area contributed by atoms with Crippen molar-refractivity contribution in [3.8, 4) is 0 Å². The van der Waals surface area contributed by atoms with Crippen molar-refractivity contribution in [1.29, 1.82) is 0 Å².